The number of amides is 2. The van der Waals surface area contributed by atoms with Crippen LogP contribution in [0.1, 0.15) is 19.8 Å². The van der Waals surface area contributed by atoms with Crippen LogP contribution in [-0.4, -0.2) is 54.7 Å². The van der Waals surface area contributed by atoms with E-state index < -0.39 is 18.0 Å². The minimum absolute atomic E-state index is 0.0648. The number of carboxylic acid groups (broad SMARTS) is 1. The highest BCUT2D eigenvalue weighted by Gasteiger charge is 2.15. The van der Waals surface area contributed by atoms with Crippen molar-refractivity contribution in [3.63, 3.8) is 0 Å². The molecular weight excluding hydrogens is 228 g/mol. The largest absolute Gasteiger partial charge is 0.480 e. The molecule has 0 radical (unpaired) electrons. The van der Waals surface area contributed by atoms with Crippen LogP contribution in [0.2, 0.25) is 0 Å². The third-order valence-electron chi connectivity index (χ3n) is 1.94. The van der Waals surface area contributed by atoms with E-state index >= 15 is 0 Å². The normalized spacial score (nSPS) is 9.53. The fourth-order valence-electron chi connectivity index (χ4n) is 1.17. The van der Waals surface area contributed by atoms with Crippen LogP contribution in [0.5, 0.6) is 0 Å². The number of nitrogens with zero attached hydrogens (tertiary/aromatic N) is 1. The molecule has 0 aromatic rings. The van der Waals surface area contributed by atoms with Crippen LogP contribution in [0.15, 0.2) is 0 Å². The number of hydrogen-bond acceptors (Lipinski definition) is 4. The lowest BCUT2D eigenvalue weighted by atomic mass is 10.4. The van der Waals surface area contributed by atoms with Gasteiger partial charge < -0.3 is 20.1 Å². The summed E-state index contributed by atoms with van der Waals surface area (Å²) in [6.07, 6.45) is 0.729. The number of carbonyl (C=O) groups excluding carboxylic acids is 2. The molecule has 0 aromatic heterocycles. The van der Waals surface area contributed by atoms with Crippen molar-refractivity contribution in [3.8, 4) is 0 Å². The zero-order valence-corrected chi connectivity index (χ0v) is 10.1. The number of esters is 1. The van der Waals surface area contributed by atoms with Gasteiger partial charge in [0, 0.05) is 13.1 Å². The SMILES string of the molecule is CCCN(CC(=O)O)C(=O)NCCC(=O)OC. The van der Waals surface area contributed by atoms with E-state index in [0.29, 0.717) is 13.0 Å². The fraction of sp³-hybridized carbons (Fsp3) is 0.700. The second-order valence-corrected chi connectivity index (χ2v) is 3.37. The zero-order chi connectivity index (χ0) is 13.3. The van der Waals surface area contributed by atoms with Gasteiger partial charge >= 0.3 is 18.0 Å². The maximum atomic E-state index is 11.5. The van der Waals surface area contributed by atoms with Gasteiger partial charge in [-0.05, 0) is 6.42 Å². The van der Waals surface area contributed by atoms with E-state index in [1.807, 2.05) is 6.92 Å². The van der Waals surface area contributed by atoms with Gasteiger partial charge in [0.15, 0.2) is 0 Å². The van der Waals surface area contributed by atoms with Gasteiger partial charge in [0.2, 0.25) is 0 Å². The minimum atomic E-state index is -1.07. The van der Waals surface area contributed by atoms with Gasteiger partial charge in [0.1, 0.15) is 6.54 Å². The van der Waals surface area contributed by atoms with Crippen molar-refractivity contribution >= 4 is 18.0 Å². The molecule has 0 aliphatic rings. The summed E-state index contributed by atoms with van der Waals surface area (Å²) in [6.45, 7) is 1.98. The quantitative estimate of drug-likeness (QED) is 0.619. The molecule has 0 fully saturated rings. The number of hydrogen-bond donors (Lipinski definition) is 2. The summed E-state index contributed by atoms with van der Waals surface area (Å²) in [6, 6.07) is -0.488. The monoisotopic (exact) mass is 246 g/mol. The number of aliphatic carboxylic acids is 1. The molecule has 0 aromatic carbocycles. The standard InChI is InChI=1S/C10H18N2O5/c1-3-6-12(7-8(13)14)10(16)11-5-4-9(15)17-2/h3-7H2,1-2H3,(H,11,16)(H,13,14). The first-order chi connectivity index (χ1) is 8.01. The van der Waals surface area contributed by atoms with Gasteiger partial charge in [-0.25, -0.2) is 4.79 Å². The Bertz CT molecular complexity index is 280. The number of urea groups is 1. The van der Waals surface area contributed by atoms with Crippen LogP contribution in [-0.2, 0) is 14.3 Å². The summed E-state index contributed by atoms with van der Waals surface area (Å²) in [5.41, 5.74) is 0. The molecular formula is C10H18N2O5. The van der Waals surface area contributed by atoms with Gasteiger partial charge in [-0.1, -0.05) is 6.92 Å². The van der Waals surface area contributed by atoms with E-state index in [4.69, 9.17) is 5.11 Å². The molecule has 2 N–H and O–H groups in total. The summed E-state index contributed by atoms with van der Waals surface area (Å²) in [7, 11) is 1.26. The molecule has 0 unspecified atom stereocenters. The number of ether oxygens (including phenoxy) is 1. The van der Waals surface area contributed by atoms with E-state index in [9.17, 15) is 14.4 Å². The maximum absolute atomic E-state index is 11.5. The second-order valence-electron chi connectivity index (χ2n) is 3.37. The molecule has 2 amide bonds. The first kappa shape index (κ1) is 15.2. The Labute approximate surface area is 99.7 Å². The van der Waals surface area contributed by atoms with E-state index in [0.717, 1.165) is 0 Å². The Morgan fingerprint density at radius 3 is 2.47 bits per heavy atom. The Morgan fingerprint density at radius 1 is 1.35 bits per heavy atom. The van der Waals surface area contributed by atoms with E-state index in [1.165, 1.54) is 12.0 Å². The van der Waals surface area contributed by atoms with Crippen LogP contribution in [0, 0.1) is 0 Å². The lowest BCUT2D eigenvalue weighted by Gasteiger charge is -2.20. The van der Waals surface area contributed by atoms with Crippen LogP contribution in [0.4, 0.5) is 4.79 Å². The van der Waals surface area contributed by atoms with Gasteiger partial charge in [-0.15, -0.1) is 0 Å². The zero-order valence-electron chi connectivity index (χ0n) is 10.1. The first-order valence-electron chi connectivity index (χ1n) is 5.32. The lowest BCUT2D eigenvalue weighted by molar-refractivity contribution is -0.140. The maximum Gasteiger partial charge on any atom is 0.323 e. The average Bonchev–Trinajstić information content (AvgIpc) is 2.27. The topological polar surface area (TPSA) is 95.9 Å². The highest BCUT2D eigenvalue weighted by atomic mass is 16.5. The summed E-state index contributed by atoms with van der Waals surface area (Å²) >= 11 is 0. The Balaban J connectivity index is 4.05. The summed E-state index contributed by atoms with van der Waals surface area (Å²) in [4.78, 5) is 34.0. The third-order valence-corrected chi connectivity index (χ3v) is 1.94. The first-order valence-corrected chi connectivity index (χ1v) is 5.32. The van der Waals surface area contributed by atoms with Gasteiger partial charge in [0.05, 0.1) is 13.5 Å². The Hall–Kier alpha value is -1.79. The molecule has 0 saturated heterocycles. The van der Waals surface area contributed by atoms with Crippen molar-refractivity contribution in [2.45, 2.75) is 19.8 Å². The number of carboxylic acids is 1. The molecule has 0 bridgehead atoms. The van der Waals surface area contributed by atoms with Crippen molar-refractivity contribution in [3.05, 3.63) is 0 Å². The van der Waals surface area contributed by atoms with Crippen LogP contribution in [0.3, 0.4) is 0 Å². The second kappa shape index (κ2) is 8.37. The molecule has 0 spiro atoms. The highest BCUT2D eigenvalue weighted by molar-refractivity contribution is 5.80. The summed E-state index contributed by atoms with van der Waals surface area (Å²) in [5, 5.41) is 11.1. The molecule has 7 nitrogen and oxygen atoms in total. The smallest absolute Gasteiger partial charge is 0.323 e. The van der Waals surface area contributed by atoms with Gasteiger partial charge in [-0.3, -0.25) is 9.59 Å². The molecule has 0 atom stereocenters. The number of nitrogens with one attached hydrogen (secondary N) is 1. The number of rotatable bonds is 7. The number of carbonyl (C=O) groups is 3. The highest BCUT2D eigenvalue weighted by Crippen LogP contribution is 1.93. The molecule has 0 heterocycles. The van der Waals surface area contributed by atoms with Crippen molar-refractivity contribution < 1.29 is 24.2 Å². The molecule has 0 saturated carbocycles. The van der Waals surface area contributed by atoms with Gasteiger partial charge in [-0.2, -0.15) is 0 Å². The van der Waals surface area contributed by atoms with Crippen molar-refractivity contribution in [1.29, 1.82) is 0 Å². The van der Waals surface area contributed by atoms with Crippen molar-refractivity contribution in [2.75, 3.05) is 26.7 Å². The fourth-order valence-corrected chi connectivity index (χ4v) is 1.17. The predicted molar refractivity (Wildman–Crippen MR) is 59.5 cm³/mol. The third kappa shape index (κ3) is 7.15. The van der Waals surface area contributed by atoms with Crippen LogP contribution >= 0.6 is 0 Å². The van der Waals surface area contributed by atoms with Crippen LogP contribution < -0.4 is 5.32 Å². The minimum Gasteiger partial charge on any atom is -0.480 e. The Kier molecular flexibility index (Phi) is 7.49. The molecule has 0 rings (SSSR count). The summed E-state index contributed by atoms with van der Waals surface area (Å²) in [5.74, 6) is -1.49. The van der Waals surface area contributed by atoms with E-state index in [-0.39, 0.29) is 19.5 Å². The average molecular weight is 246 g/mol. The van der Waals surface area contributed by atoms with E-state index in [1.54, 1.807) is 0 Å². The summed E-state index contributed by atoms with van der Waals surface area (Å²) < 4.78 is 4.41. The Morgan fingerprint density at radius 2 is 2.00 bits per heavy atom. The number of methoxy groups -OCH3 is 1. The van der Waals surface area contributed by atoms with Crippen LogP contribution in [0.25, 0.3) is 0 Å². The van der Waals surface area contributed by atoms with Crippen molar-refractivity contribution in [1.82, 2.24) is 10.2 Å². The molecule has 98 valence electrons. The molecule has 0 aliphatic heterocycles. The predicted octanol–water partition coefficient (Wildman–Crippen LogP) is 0.0557. The van der Waals surface area contributed by atoms with Gasteiger partial charge in [0.25, 0.3) is 0 Å². The molecule has 7 heteroatoms. The molecule has 0 aliphatic carbocycles. The van der Waals surface area contributed by atoms with Crippen molar-refractivity contribution in [2.24, 2.45) is 0 Å². The van der Waals surface area contributed by atoms with E-state index in [2.05, 4.69) is 10.1 Å². The lowest BCUT2D eigenvalue weighted by Crippen LogP contribution is -2.43. The molecule has 17 heavy (non-hydrogen) atoms.